The van der Waals surface area contributed by atoms with E-state index in [0.717, 1.165) is 0 Å². The normalized spacial score (nSPS) is 10.2. The fraction of sp³-hybridized carbons (Fsp3) is 0. The van der Waals surface area contributed by atoms with Crippen LogP contribution in [0.3, 0.4) is 0 Å². The van der Waals surface area contributed by atoms with E-state index in [-0.39, 0.29) is 16.4 Å². The Bertz CT molecular complexity index is 596. The Morgan fingerprint density at radius 3 is 2.76 bits per heavy atom. The first-order valence-corrected chi connectivity index (χ1v) is 4.81. The summed E-state index contributed by atoms with van der Waals surface area (Å²) in [5.74, 6) is 0. The standard InChI is InChI=1S/C9H5ClN4O3/c10-8-3-7(1-2-9(8)14(16)17)13-4-6(5-15)11-12-13/h1-5H. The summed E-state index contributed by atoms with van der Waals surface area (Å²) in [6.45, 7) is 0. The molecule has 0 fully saturated rings. The number of nitrogens with zero attached hydrogens (tertiary/aromatic N) is 4. The van der Waals surface area contributed by atoms with Crippen molar-refractivity contribution in [2.45, 2.75) is 0 Å². The lowest BCUT2D eigenvalue weighted by atomic mass is 10.3. The Morgan fingerprint density at radius 2 is 2.24 bits per heavy atom. The molecule has 7 nitrogen and oxygen atoms in total. The van der Waals surface area contributed by atoms with Crippen molar-refractivity contribution in [3.05, 3.63) is 45.2 Å². The number of hydrogen-bond donors (Lipinski definition) is 0. The third-order valence-corrected chi connectivity index (χ3v) is 2.33. The second kappa shape index (κ2) is 4.30. The SMILES string of the molecule is O=Cc1cn(-c2ccc([N+](=O)[O-])c(Cl)c2)nn1. The predicted octanol–water partition coefficient (Wildman–Crippen LogP) is 1.64. The number of halogens is 1. The zero-order valence-corrected chi connectivity index (χ0v) is 9.03. The van der Waals surface area contributed by atoms with E-state index in [0.29, 0.717) is 12.0 Å². The maximum atomic E-state index is 10.6. The molecule has 2 aromatic rings. The lowest BCUT2D eigenvalue weighted by Crippen LogP contribution is -1.96. The number of nitro groups is 1. The molecule has 0 amide bonds. The van der Waals surface area contributed by atoms with E-state index in [9.17, 15) is 14.9 Å². The summed E-state index contributed by atoms with van der Waals surface area (Å²) >= 11 is 5.74. The monoisotopic (exact) mass is 252 g/mol. The minimum Gasteiger partial charge on any atom is -0.296 e. The van der Waals surface area contributed by atoms with Crippen molar-refractivity contribution in [3.8, 4) is 5.69 Å². The highest BCUT2D eigenvalue weighted by Gasteiger charge is 2.13. The molecule has 0 aliphatic carbocycles. The zero-order chi connectivity index (χ0) is 12.4. The molecule has 0 aliphatic heterocycles. The molecule has 1 aromatic carbocycles. The van der Waals surface area contributed by atoms with Gasteiger partial charge in [-0.3, -0.25) is 14.9 Å². The number of aromatic nitrogens is 3. The van der Waals surface area contributed by atoms with E-state index in [1.807, 2.05) is 0 Å². The van der Waals surface area contributed by atoms with Gasteiger partial charge >= 0.3 is 0 Å². The molecule has 1 heterocycles. The van der Waals surface area contributed by atoms with Gasteiger partial charge in [0.15, 0.2) is 6.29 Å². The van der Waals surface area contributed by atoms with Crippen molar-refractivity contribution in [2.75, 3.05) is 0 Å². The summed E-state index contributed by atoms with van der Waals surface area (Å²) in [5, 5.41) is 17.8. The number of nitro benzene ring substituents is 1. The van der Waals surface area contributed by atoms with Gasteiger partial charge in [-0.05, 0) is 12.1 Å². The molecule has 0 spiro atoms. The zero-order valence-electron chi connectivity index (χ0n) is 8.28. The molecular formula is C9H5ClN4O3. The van der Waals surface area contributed by atoms with Gasteiger partial charge in [-0.1, -0.05) is 16.8 Å². The van der Waals surface area contributed by atoms with Crippen molar-refractivity contribution in [3.63, 3.8) is 0 Å². The molecule has 0 radical (unpaired) electrons. The van der Waals surface area contributed by atoms with Gasteiger partial charge in [-0.15, -0.1) is 5.10 Å². The fourth-order valence-electron chi connectivity index (χ4n) is 1.24. The summed E-state index contributed by atoms with van der Waals surface area (Å²) in [6.07, 6.45) is 1.95. The number of carbonyl (C=O) groups excluding carboxylic acids is 1. The average Bonchev–Trinajstić information content (AvgIpc) is 2.76. The molecular weight excluding hydrogens is 248 g/mol. The Morgan fingerprint density at radius 1 is 1.47 bits per heavy atom. The van der Waals surface area contributed by atoms with Crippen molar-refractivity contribution in [1.82, 2.24) is 15.0 Å². The Kier molecular flexibility index (Phi) is 2.84. The Hall–Kier alpha value is -2.28. The van der Waals surface area contributed by atoms with E-state index >= 15 is 0 Å². The second-order valence-corrected chi connectivity index (χ2v) is 3.51. The van der Waals surface area contributed by atoms with E-state index in [4.69, 9.17) is 11.6 Å². The van der Waals surface area contributed by atoms with Crippen LogP contribution < -0.4 is 0 Å². The minimum atomic E-state index is -0.579. The minimum absolute atomic E-state index is 0.00402. The van der Waals surface area contributed by atoms with Gasteiger partial charge in [0.1, 0.15) is 10.7 Å². The number of carbonyl (C=O) groups is 1. The van der Waals surface area contributed by atoms with Gasteiger partial charge in [-0.2, -0.15) is 0 Å². The summed E-state index contributed by atoms with van der Waals surface area (Å²) in [5.41, 5.74) is 0.465. The first-order chi connectivity index (χ1) is 8.11. The van der Waals surface area contributed by atoms with E-state index in [1.54, 1.807) is 0 Å². The number of rotatable bonds is 3. The highest BCUT2D eigenvalue weighted by Crippen LogP contribution is 2.26. The quantitative estimate of drug-likeness (QED) is 0.470. The number of aldehydes is 1. The van der Waals surface area contributed by atoms with Crippen LogP contribution in [0.25, 0.3) is 5.69 Å². The molecule has 17 heavy (non-hydrogen) atoms. The van der Waals surface area contributed by atoms with Crippen LogP contribution in [-0.2, 0) is 0 Å². The van der Waals surface area contributed by atoms with Gasteiger partial charge in [0, 0.05) is 6.07 Å². The molecule has 0 bridgehead atoms. The van der Waals surface area contributed by atoms with Crippen LogP contribution in [-0.4, -0.2) is 26.2 Å². The highest BCUT2D eigenvalue weighted by molar-refractivity contribution is 6.32. The maximum Gasteiger partial charge on any atom is 0.288 e. The summed E-state index contributed by atoms with van der Waals surface area (Å²) < 4.78 is 1.30. The summed E-state index contributed by atoms with van der Waals surface area (Å²) in [6, 6.07) is 4.11. The Labute approximate surface area is 99.8 Å². The van der Waals surface area contributed by atoms with Gasteiger partial charge in [-0.25, -0.2) is 4.68 Å². The fourth-order valence-corrected chi connectivity index (χ4v) is 1.49. The molecule has 0 aliphatic rings. The molecule has 0 atom stereocenters. The second-order valence-electron chi connectivity index (χ2n) is 3.10. The average molecular weight is 253 g/mol. The van der Waals surface area contributed by atoms with Crippen molar-refractivity contribution < 1.29 is 9.72 Å². The van der Waals surface area contributed by atoms with Gasteiger partial charge in [0.25, 0.3) is 5.69 Å². The van der Waals surface area contributed by atoms with Gasteiger partial charge in [0.05, 0.1) is 16.8 Å². The van der Waals surface area contributed by atoms with E-state index in [2.05, 4.69) is 10.3 Å². The van der Waals surface area contributed by atoms with Crippen molar-refractivity contribution >= 4 is 23.6 Å². The molecule has 2 rings (SSSR count). The lowest BCUT2D eigenvalue weighted by Gasteiger charge is -2.00. The first kappa shape index (κ1) is 11.2. The largest absolute Gasteiger partial charge is 0.296 e. The van der Waals surface area contributed by atoms with E-state index < -0.39 is 4.92 Å². The Balaban J connectivity index is 2.43. The van der Waals surface area contributed by atoms with Crippen LogP contribution in [0.1, 0.15) is 10.5 Å². The highest BCUT2D eigenvalue weighted by atomic mass is 35.5. The summed E-state index contributed by atoms with van der Waals surface area (Å²) in [7, 11) is 0. The molecule has 1 aromatic heterocycles. The molecule has 8 heteroatoms. The van der Waals surface area contributed by atoms with Gasteiger partial charge < -0.3 is 0 Å². The molecule has 0 saturated heterocycles. The van der Waals surface area contributed by atoms with Crippen molar-refractivity contribution in [1.29, 1.82) is 0 Å². The topological polar surface area (TPSA) is 90.9 Å². The van der Waals surface area contributed by atoms with Crippen LogP contribution in [0, 0.1) is 10.1 Å². The number of benzene rings is 1. The maximum absolute atomic E-state index is 10.6. The van der Waals surface area contributed by atoms with Crippen LogP contribution in [0.4, 0.5) is 5.69 Å². The first-order valence-electron chi connectivity index (χ1n) is 4.43. The van der Waals surface area contributed by atoms with Crippen LogP contribution >= 0.6 is 11.6 Å². The number of hydrogen-bond acceptors (Lipinski definition) is 5. The van der Waals surface area contributed by atoms with Crippen LogP contribution in [0.5, 0.6) is 0 Å². The lowest BCUT2D eigenvalue weighted by molar-refractivity contribution is -0.384. The molecule has 0 saturated carbocycles. The predicted molar refractivity (Wildman–Crippen MR) is 58.4 cm³/mol. The smallest absolute Gasteiger partial charge is 0.288 e. The molecule has 86 valence electrons. The third-order valence-electron chi connectivity index (χ3n) is 2.02. The molecule has 0 N–H and O–H groups in total. The van der Waals surface area contributed by atoms with Crippen LogP contribution in [0.15, 0.2) is 24.4 Å². The molecule has 0 unspecified atom stereocenters. The summed E-state index contributed by atoms with van der Waals surface area (Å²) in [4.78, 5) is 20.4. The van der Waals surface area contributed by atoms with Crippen molar-refractivity contribution in [2.24, 2.45) is 0 Å². The van der Waals surface area contributed by atoms with E-state index in [1.165, 1.54) is 29.1 Å². The van der Waals surface area contributed by atoms with Gasteiger partial charge in [0.2, 0.25) is 0 Å². The third kappa shape index (κ3) is 2.13. The van der Waals surface area contributed by atoms with Crippen LogP contribution in [0.2, 0.25) is 5.02 Å².